The Balaban J connectivity index is 1.42. The van der Waals surface area contributed by atoms with E-state index in [9.17, 15) is 14.7 Å². The van der Waals surface area contributed by atoms with Gasteiger partial charge in [0.05, 0.1) is 28.4 Å². The number of fused-ring (bicyclic) bond motifs is 1. The number of aliphatic hydroxyl groups excluding tert-OH is 1. The smallest absolute Gasteiger partial charge is 0.301 e. The zero-order valence-electron chi connectivity index (χ0n) is 22.5. The standard InChI is InChI=1S/C33H25ClN2O5S/c1-2-40-24-15-10-22(11-16-24)30(37)28-29(21-8-13-25(14-9-21)41-19-20-6-4-3-5-7-20)36(32(39)31(28)38)33-35-26-17-12-23(34)18-27(26)42-33/h3-18,29,37H,2,19H2,1H3/b30-28+. The third kappa shape index (κ3) is 5.34. The molecule has 5 aromatic rings. The Labute approximate surface area is 251 Å². The molecule has 0 aliphatic carbocycles. The van der Waals surface area contributed by atoms with Crippen LogP contribution in [0, 0.1) is 0 Å². The van der Waals surface area contributed by atoms with E-state index < -0.39 is 17.7 Å². The number of benzene rings is 4. The minimum Gasteiger partial charge on any atom is -0.507 e. The second kappa shape index (κ2) is 11.7. The SMILES string of the molecule is CCOc1ccc(/C(O)=C2\C(=O)C(=O)N(c3nc4ccc(Cl)cc4s3)C2c2ccc(OCc3ccccc3)cc2)cc1. The molecule has 0 spiro atoms. The van der Waals surface area contributed by atoms with E-state index in [0.717, 1.165) is 10.3 Å². The van der Waals surface area contributed by atoms with Gasteiger partial charge in [0.2, 0.25) is 0 Å². The topological polar surface area (TPSA) is 89.0 Å². The van der Waals surface area contributed by atoms with Gasteiger partial charge in [-0.05, 0) is 72.6 Å². The van der Waals surface area contributed by atoms with Crippen molar-refractivity contribution < 1.29 is 24.2 Å². The number of carbonyl (C=O) groups is 2. The van der Waals surface area contributed by atoms with Crippen LogP contribution in [0.25, 0.3) is 16.0 Å². The molecule has 210 valence electrons. The van der Waals surface area contributed by atoms with Gasteiger partial charge in [-0.15, -0.1) is 0 Å². The molecule has 0 bridgehead atoms. The number of hydrogen-bond donors (Lipinski definition) is 1. The van der Waals surface area contributed by atoms with E-state index in [0.29, 0.717) is 51.5 Å². The molecule has 1 N–H and O–H groups in total. The summed E-state index contributed by atoms with van der Waals surface area (Å²) in [6, 6.07) is 28.0. The second-order valence-corrected chi connectivity index (χ2v) is 11.0. The lowest BCUT2D eigenvalue weighted by Gasteiger charge is -2.23. The average molecular weight is 597 g/mol. The van der Waals surface area contributed by atoms with Gasteiger partial charge in [-0.1, -0.05) is 65.4 Å². The number of thiazole rings is 1. The summed E-state index contributed by atoms with van der Waals surface area (Å²) >= 11 is 7.44. The third-order valence-electron chi connectivity index (χ3n) is 6.87. The molecule has 9 heteroatoms. The molecule has 1 aliphatic heterocycles. The normalized spacial score (nSPS) is 16.2. The molecule has 6 rings (SSSR count). The summed E-state index contributed by atoms with van der Waals surface area (Å²) in [5, 5.41) is 12.3. The van der Waals surface area contributed by atoms with Gasteiger partial charge in [0.15, 0.2) is 5.13 Å². The summed E-state index contributed by atoms with van der Waals surface area (Å²) in [5.74, 6) is -0.599. The van der Waals surface area contributed by atoms with Gasteiger partial charge in [-0.25, -0.2) is 4.98 Å². The molecular weight excluding hydrogens is 572 g/mol. The van der Waals surface area contributed by atoms with Gasteiger partial charge in [-0.2, -0.15) is 0 Å². The van der Waals surface area contributed by atoms with Gasteiger partial charge in [0.25, 0.3) is 5.78 Å². The highest BCUT2D eigenvalue weighted by Gasteiger charge is 2.48. The largest absolute Gasteiger partial charge is 0.507 e. The number of carbonyl (C=O) groups excluding carboxylic acids is 2. The predicted molar refractivity (Wildman–Crippen MR) is 164 cm³/mol. The lowest BCUT2D eigenvalue weighted by molar-refractivity contribution is -0.132. The molecule has 1 fully saturated rings. The van der Waals surface area contributed by atoms with Crippen LogP contribution in [-0.4, -0.2) is 28.4 Å². The van der Waals surface area contributed by atoms with Crippen LogP contribution in [0.5, 0.6) is 11.5 Å². The number of nitrogens with zero attached hydrogens (tertiary/aromatic N) is 2. The molecule has 0 radical (unpaired) electrons. The number of hydrogen-bond acceptors (Lipinski definition) is 7. The number of aromatic nitrogens is 1. The van der Waals surface area contributed by atoms with Crippen LogP contribution in [0.15, 0.2) is 103 Å². The van der Waals surface area contributed by atoms with Crippen LogP contribution in [0.3, 0.4) is 0 Å². The maximum atomic E-state index is 13.6. The number of aliphatic hydroxyl groups is 1. The Bertz CT molecular complexity index is 1800. The number of halogens is 1. The molecule has 1 aliphatic rings. The molecule has 0 saturated carbocycles. The molecule has 1 unspecified atom stereocenters. The van der Waals surface area contributed by atoms with Crippen molar-refractivity contribution in [3.05, 3.63) is 124 Å². The maximum absolute atomic E-state index is 13.6. The van der Waals surface area contributed by atoms with Crippen LogP contribution in [0.1, 0.15) is 29.7 Å². The Hall–Kier alpha value is -4.66. The number of ketones is 1. The first-order valence-corrected chi connectivity index (χ1v) is 14.5. The van der Waals surface area contributed by atoms with Crippen molar-refractivity contribution in [2.24, 2.45) is 0 Å². The number of rotatable bonds is 8. The van der Waals surface area contributed by atoms with Crippen LogP contribution >= 0.6 is 22.9 Å². The summed E-state index contributed by atoms with van der Waals surface area (Å²) < 4.78 is 12.2. The number of Topliss-reactive ketones (excluding diaryl/α,β-unsaturated/α-hetero) is 1. The van der Waals surface area contributed by atoms with Crippen molar-refractivity contribution in [1.29, 1.82) is 0 Å². The van der Waals surface area contributed by atoms with Crippen LogP contribution in [0.4, 0.5) is 5.13 Å². The van der Waals surface area contributed by atoms with Crippen LogP contribution in [-0.2, 0) is 16.2 Å². The Kier molecular flexibility index (Phi) is 7.65. The van der Waals surface area contributed by atoms with Crippen molar-refractivity contribution in [1.82, 2.24) is 4.98 Å². The van der Waals surface area contributed by atoms with Gasteiger partial charge in [-0.3, -0.25) is 14.5 Å². The van der Waals surface area contributed by atoms with Gasteiger partial charge >= 0.3 is 5.91 Å². The Morgan fingerprint density at radius 2 is 1.62 bits per heavy atom. The van der Waals surface area contributed by atoms with E-state index >= 15 is 0 Å². The summed E-state index contributed by atoms with van der Waals surface area (Å²) in [6.45, 7) is 2.77. The van der Waals surface area contributed by atoms with Crippen molar-refractivity contribution in [2.75, 3.05) is 11.5 Å². The van der Waals surface area contributed by atoms with E-state index in [1.807, 2.05) is 37.3 Å². The van der Waals surface area contributed by atoms with Crippen molar-refractivity contribution >= 4 is 55.7 Å². The molecular formula is C33H25ClN2O5S. The molecule has 1 saturated heterocycles. The minimum absolute atomic E-state index is 0.0283. The third-order valence-corrected chi connectivity index (χ3v) is 8.13. The first-order valence-electron chi connectivity index (χ1n) is 13.3. The van der Waals surface area contributed by atoms with Crippen LogP contribution < -0.4 is 14.4 Å². The maximum Gasteiger partial charge on any atom is 0.301 e. The minimum atomic E-state index is -0.921. The van der Waals surface area contributed by atoms with Crippen LogP contribution in [0.2, 0.25) is 5.02 Å². The Morgan fingerprint density at radius 3 is 2.33 bits per heavy atom. The molecule has 2 heterocycles. The van der Waals surface area contributed by atoms with Gasteiger partial charge in [0, 0.05) is 10.6 Å². The van der Waals surface area contributed by atoms with Gasteiger partial charge in [0.1, 0.15) is 23.9 Å². The van der Waals surface area contributed by atoms with Crippen molar-refractivity contribution in [2.45, 2.75) is 19.6 Å². The fourth-order valence-electron chi connectivity index (χ4n) is 4.85. The van der Waals surface area contributed by atoms with E-state index in [-0.39, 0.29) is 11.3 Å². The summed E-state index contributed by atoms with van der Waals surface area (Å²) in [5.41, 5.74) is 2.66. The Morgan fingerprint density at radius 1 is 0.929 bits per heavy atom. The molecule has 1 atom stereocenters. The van der Waals surface area contributed by atoms with Gasteiger partial charge < -0.3 is 14.6 Å². The monoisotopic (exact) mass is 596 g/mol. The van der Waals surface area contributed by atoms with E-state index in [1.165, 1.54) is 16.2 Å². The highest BCUT2D eigenvalue weighted by atomic mass is 35.5. The zero-order chi connectivity index (χ0) is 29.2. The first kappa shape index (κ1) is 27.5. The van der Waals surface area contributed by atoms with Crippen molar-refractivity contribution in [3.63, 3.8) is 0 Å². The fourth-order valence-corrected chi connectivity index (χ4v) is 6.12. The number of anilines is 1. The highest BCUT2D eigenvalue weighted by molar-refractivity contribution is 7.22. The fraction of sp³-hybridized carbons (Fsp3) is 0.121. The summed E-state index contributed by atoms with van der Waals surface area (Å²) in [4.78, 5) is 33.1. The quantitative estimate of drug-likeness (QED) is 0.113. The summed E-state index contributed by atoms with van der Waals surface area (Å²) in [7, 11) is 0. The first-order chi connectivity index (χ1) is 20.4. The molecule has 7 nitrogen and oxygen atoms in total. The average Bonchev–Trinajstić information content (AvgIpc) is 3.54. The second-order valence-electron chi connectivity index (χ2n) is 9.58. The van der Waals surface area contributed by atoms with Crippen molar-refractivity contribution in [3.8, 4) is 11.5 Å². The zero-order valence-corrected chi connectivity index (χ0v) is 24.1. The number of ether oxygens (including phenoxy) is 2. The number of amides is 1. The predicted octanol–water partition coefficient (Wildman–Crippen LogP) is 7.55. The van der Waals surface area contributed by atoms with E-state index in [2.05, 4.69) is 4.98 Å². The molecule has 42 heavy (non-hydrogen) atoms. The lowest BCUT2D eigenvalue weighted by Crippen LogP contribution is -2.29. The summed E-state index contributed by atoms with van der Waals surface area (Å²) in [6.07, 6.45) is 0. The molecule has 4 aromatic carbocycles. The molecule has 1 aromatic heterocycles. The lowest BCUT2D eigenvalue weighted by atomic mass is 9.95. The highest BCUT2D eigenvalue weighted by Crippen LogP contribution is 2.45. The van der Waals surface area contributed by atoms with E-state index in [4.69, 9.17) is 21.1 Å². The molecule has 1 amide bonds. The van der Waals surface area contributed by atoms with E-state index in [1.54, 1.807) is 66.7 Å².